The van der Waals surface area contributed by atoms with Crippen molar-refractivity contribution < 1.29 is 9.53 Å². The molecule has 0 aliphatic heterocycles. The highest BCUT2D eigenvalue weighted by molar-refractivity contribution is 9.10. The summed E-state index contributed by atoms with van der Waals surface area (Å²) in [6, 6.07) is 14.6. The van der Waals surface area contributed by atoms with Crippen LogP contribution in [0.15, 0.2) is 58.1 Å². The maximum absolute atomic E-state index is 12.9. The third kappa shape index (κ3) is 5.32. The first kappa shape index (κ1) is 21.7. The number of amides is 1. The Hall–Kier alpha value is -3.02. The number of ether oxygens (including phenoxy) is 1. The number of hydrogen-bond acceptors (Lipinski definition) is 5. The molecule has 154 valence electrons. The Morgan fingerprint density at radius 3 is 2.73 bits per heavy atom. The van der Waals surface area contributed by atoms with E-state index in [1.807, 2.05) is 18.2 Å². The monoisotopic (exact) mass is 468 g/mol. The number of nitriles is 1. The van der Waals surface area contributed by atoms with Crippen molar-refractivity contribution in [2.75, 3.05) is 20.3 Å². The second-order valence-corrected chi connectivity index (χ2v) is 7.69. The number of halogens is 1. The largest absolute Gasteiger partial charge is 0.383 e. The van der Waals surface area contributed by atoms with Crippen LogP contribution in [0, 0.1) is 11.3 Å². The Labute approximate surface area is 182 Å². The first-order valence-electron chi connectivity index (χ1n) is 9.42. The fraction of sp³-hybridized carbons (Fsp3) is 0.273. The number of benzene rings is 2. The molecule has 0 fully saturated rings. The van der Waals surface area contributed by atoms with Gasteiger partial charge in [-0.15, -0.1) is 0 Å². The summed E-state index contributed by atoms with van der Waals surface area (Å²) in [5, 5.41) is 9.44. The molecule has 8 heteroatoms. The molecule has 0 spiro atoms. The Bertz CT molecular complexity index is 1140. The molecule has 3 rings (SSSR count). The smallest absolute Gasteiger partial charge is 0.261 e. The zero-order chi connectivity index (χ0) is 21.5. The predicted molar refractivity (Wildman–Crippen MR) is 117 cm³/mol. The molecule has 0 saturated carbocycles. The molecule has 2 aromatic carbocycles. The highest BCUT2D eigenvalue weighted by atomic mass is 79.9. The van der Waals surface area contributed by atoms with E-state index in [-0.39, 0.29) is 24.4 Å². The summed E-state index contributed by atoms with van der Waals surface area (Å²) in [6.07, 6.45) is 1.65. The molecule has 1 aromatic heterocycles. The molecular formula is C22H21BrN4O3. The SMILES string of the molecule is COCCN(Cc1ccc(C#N)cc1)C(=O)CCn1cnc2ccc(Br)cc2c1=O. The quantitative estimate of drug-likeness (QED) is 0.506. The van der Waals surface area contributed by atoms with Crippen LogP contribution < -0.4 is 5.56 Å². The van der Waals surface area contributed by atoms with Gasteiger partial charge in [-0.05, 0) is 35.9 Å². The number of carbonyl (C=O) groups is 1. The van der Waals surface area contributed by atoms with Gasteiger partial charge >= 0.3 is 0 Å². The number of aryl methyl sites for hydroxylation is 1. The van der Waals surface area contributed by atoms with Crippen LogP contribution in [0.4, 0.5) is 0 Å². The normalized spacial score (nSPS) is 10.7. The van der Waals surface area contributed by atoms with E-state index >= 15 is 0 Å². The van der Waals surface area contributed by atoms with Crippen LogP contribution in [0.5, 0.6) is 0 Å². The first-order chi connectivity index (χ1) is 14.5. The number of aromatic nitrogens is 2. The van der Waals surface area contributed by atoms with Crippen LogP contribution in [0.25, 0.3) is 10.9 Å². The molecule has 3 aromatic rings. The van der Waals surface area contributed by atoms with E-state index in [9.17, 15) is 9.59 Å². The van der Waals surface area contributed by atoms with Crippen molar-refractivity contribution in [3.8, 4) is 6.07 Å². The number of fused-ring (bicyclic) bond motifs is 1. The molecular weight excluding hydrogens is 448 g/mol. The van der Waals surface area contributed by atoms with Gasteiger partial charge in [0, 0.05) is 37.6 Å². The average Bonchev–Trinajstić information content (AvgIpc) is 2.76. The minimum absolute atomic E-state index is 0.0855. The Morgan fingerprint density at radius 1 is 1.27 bits per heavy atom. The zero-order valence-corrected chi connectivity index (χ0v) is 18.1. The maximum atomic E-state index is 12.9. The maximum Gasteiger partial charge on any atom is 0.261 e. The second-order valence-electron chi connectivity index (χ2n) is 6.77. The van der Waals surface area contributed by atoms with Crippen molar-refractivity contribution in [2.45, 2.75) is 19.5 Å². The molecule has 7 nitrogen and oxygen atoms in total. The molecule has 0 N–H and O–H groups in total. The molecule has 0 saturated heterocycles. The number of hydrogen-bond donors (Lipinski definition) is 0. The topological polar surface area (TPSA) is 88.2 Å². The Kier molecular flexibility index (Phi) is 7.33. The molecule has 0 aliphatic rings. The second kappa shape index (κ2) is 10.1. The van der Waals surface area contributed by atoms with Gasteiger partial charge in [0.1, 0.15) is 0 Å². The van der Waals surface area contributed by atoms with Crippen LogP contribution in [0.3, 0.4) is 0 Å². The lowest BCUT2D eigenvalue weighted by molar-refractivity contribution is -0.132. The highest BCUT2D eigenvalue weighted by Crippen LogP contribution is 2.15. The standard InChI is InChI=1S/C22H21BrN4O3/c1-30-11-10-26(14-17-4-2-16(13-24)3-5-17)21(28)8-9-27-15-25-20-7-6-18(23)12-19(20)22(27)29/h2-7,12,15H,8-11,14H2,1H3. The van der Waals surface area contributed by atoms with E-state index in [4.69, 9.17) is 10.00 Å². The van der Waals surface area contributed by atoms with Crippen molar-refractivity contribution in [1.29, 1.82) is 5.26 Å². The zero-order valence-electron chi connectivity index (χ0n) is 16.5. The first-order valence-corrected chi connectivity index (χ1v) is 10.2. The van der Waals surface area contributed by atoms with Crippen molar-refractivity contribution in [3.63, 3.8) is 0 Å². The van der Waals surface area contributed by atoms with E-state index in [0.717, 1.165) is 10.0 Å². The molecule has 1 amide bonds. The van der Waals surface area contributed by atoms with E-state index < -0.39 is 0 Å². The fourth-order valence-electron chi connectivity index (χ4n) is 3.06. The van der Waals surface area contributed by atoms with Crippen molar-refractivity contribution in [2.24, 2.45) is 0 Å². The molecule has 0 aliphatic carbocycles. The summed E-state index contributed by atoms with van der Waals surface area (Å²) >= 11 is 3.37. The highest BCUT2D eigenvalue weighted by Gasteiger charge is 2.15. The number of carbonyl (C=O) groups excluding carboxylic acids is 1. The average molecular weight is 469 g/mol. The minimum atomic E-state index is -0.176. The fourth-order valence-corrected chi connectivity index (χ4v) is 3.42. The van der Waals surface area contributed by atoms with Crippen LogP contribution in [-0.2, 0) is 22.6 Å². The predicted octanol–water partition coefficient (Wildman–Crippen LogP) is 3.10. The van der Waals surface area contributed by atoms with Gasteiger partial charge in [-0.1, -0.05) is 28.1 Å². The summed E-state index contributed by atoms with van der Waals surface area (Å²) in [5.74, 6) is -0.0855. The van der Waals surface area contributed by atoms with Crippen molar-refractivity contribution >= 4 is 32.7 Å². The summed E-state index contributed by atoms with van der Waals surface area (Å²) in [4.78, 5) is 31.6. The number of methoxy groups -OCH3 is 1. The van der Waals surface area contributed by atoms with Gasteiger partial charge in [0.25, 0.3) is 5.56 Å². The van der Waals surface area contributed by atoms with Gasteiger partial charge in [-0.25, -0.2) is 4.98 Å². The molecule has 30 heavy (non-hydrogen) atoms. The van der Waals surface area contributed by atoms with Crippen LogP contribution in [0.2, 0.25) is 0 Å². The third-order valence-corrected chi connectivity index (χ3v) is 5.22. The summed E-state index contributed by atoms with van der Waals surface area (Å²) in [5.41, 5.74) is 1.94. The van der Waals surface area contributed by atoms with Gasteiger partial charge < -0.3 is 9.64 Å². The lowest BCUT2D eigenvalue weighted by Crippen LogP contribution is -2.34. The summed E-state index contributed by atoms with van der Waals surface area (Å²) < 4.78 is 7.39. The van der Waals surface area contributed by atoms with E-state index in [1.165, 1.54) is 10.9 Å². The van der Waals surface area contributed by atoms with Gasteiger partial charge in [0.15, 0.2) is 0 Å². The Morgan fingerprint density at radius 2 is 2.03 bits per heavy atom. The summed E-state index contributed by atoms with van der Waals surface area (Å²) in [6.45, 7) is 1.50. The van der Waals surface area contributed by atoms with E-state index in [1.54, 1.807) is 36.3 Å². The van der Waals surface area contributed by atoms with Crippen LogP contribution in [0.1, 0.15) is 17.5 Å². The molecule has 0 radical (unpaired) electrons. The third-order valence-electron chi connectivity index (χ3n) is 4.73. The molecule has 0 bridgehead atoms. The number of nitrogens with zero attached hydrogens (tertiary/aromatic N) is 4. The molecule has 0 unspecified atom stereocenters. The van der Waals surface area contributed by atoms with Crippen molar-refractivity contribution in [3.05, 3.63) is 74.7 Å². The van der Waals surface area contributed by atoms with Gasteiger partial charge in [-0.3, -0.25) is 14.2 Å². The summed E-state index contributed by atoms with van der Waals surface area (Å²) in [7, 11) is 1.59. The minimum Gasteiger partial charge on any atom is -0.383 e. The van der Waals surface area contributed by atoms with E-state index in [0.29, 0.717) is 36.2 Å². The lowest BCUT2D eigenvalue weighted by Gasteiger charge is -2.23. The van der Waals surface area contributed by atoms with Gasteiger partial charge in [0.2, 0.25) is 5.91 Å². The van der Waals surface area contributed by atoms with Crippen LogP contribution in [-0.4, -0.2) is 40.6 Å². The van der Waals surface area contributed by atoms with E-state index in [2.05, 4.69) is 27.0 Å². The van der Waals surface area contributed by atoms with Gasteiger partial charge in [0.05, 0.1) is 35.5 Å². The van der Waals surface area contributed by atoms with Crippen molar-refractivity contribution in [1.82, 2.24) is 14.5 Å². The number of rotatable bonds is 8. The molecule has 1 heterocycles. The van der Waals surface area contributed by atoms with Crippen LogP contribution >= 0.6 is 15.9 Å². The van der Waals surface area contributed by atoms with Gasteiger partial charge in [-0.2, -0.15) is 5.26 Å². The molecule has 0 atom stereocenters. The Balaban J connectivity index is 1.72. The lowest BCUT2D eigenvalue weighted by atomic mass is 10.1.